The highest BCUT2D eigenvalue weighted by atomic mass is 16.4. The van der Waals surface area contributed by atoms with Crippen molar-refractivity contribution in [2.24, 2.45) is 5.92 Å². The van der Waals surface area contributed by atoms with Gasteiger partial charge in [0.1, 0.15) is 11.6 Å². The number of aliphatic carboxylic acids is 1. The molecule has 1 aromatic heterocycles. The van der Waals surface area contributed by atoms with Gasteiger partial charge < -0.3 is 14.8 Å². The van der Waals surface area contributed by atoms with E-state index in [0.717, 1.165) is 5.56 Å². The minimum Gasteiger partial charge on any atom is -0.480 e. The lowest BCUT2D eigenvalue weighted by Crippen LogP contribution is -2.44. The van der Waals surface area contributed by atoms with Crippen molar-refractivity contribution in [3.8, 4) is 17.5 Å². The van der Waals surface area contributed by atoms with E-state index >= 15 is 0 Å². The topological polar surface area (TPSA) is 116 Å². The molecule has 0 aliphatic rings. The first kappa shape index (κ1) is 21.1. The first-order valence-electron chi connectivity index (χ1n) is 9.70. The zero-order valence-electron chi connectivity index (χ0n) is 17.3. The standard InChI is InChI=1S/C23H23N3O4/c1-12(2)17-9-14(11-24)10-18-20(17)30-22(25-18)16-7-5-15(6-8-16)21(27)26-19(13(3)4)23(28)29/h5-10,12-13,19H,1-4H3,(H,26,27)(H,28,29). The van der Waals surface area contributed by atoms with Gasteiger partial charge in [-0.15, -0.1) is 0 Å². The van der Waals surface area contributed by atoms with E-state index in [0.29, 0.717) is 33.7 Å². The molecule has 7 nitrogen and oxygen atoms in total. The summed E-state index contributed by atoms with van der Waals surface area (Å²) in [7, 11) is 0. The molecular weight excluding hydrogens is 382 g/mol. The molecule has 0 saturated heterocycles. The number of carbonyl (C=O) groups is 2. The van der Waals surface area contributed by atoms with Crippen LogP contribution in [0.1, 0.15) is 55.1 Å². The number of hydrogen-bond acceptors (Lipinski definition) is 5. The van der Waals surface area contributed by atoms with E-state index in [-0.39, 0.29) is 11.8 Å². The third-order valence-corrected chi connectivity index (χ3v) is 4.88. The predicted molar refractivity (Wildman–Crippen MR) is 112 cm³/mol. The molecule has 2 aromatic carbocycles. The number of oxazole rings is 1. The molecule has 7 heteroatoms. The van der Waals surface area contributed by atoms with E-state index in [2.05, 4.69) is 16.4 Å². The van der Waals surface area contributed by atoms with Gasteiger partial charge in [-0.3, -0.25) is 4.79 Å². The van der Waals surface area contributed by atoms with Gasteiger partial charge in [-0.25, -0.2) is 9.78 Å². The summed E-state index contributed by atoms with van der Waals surface area (Å²) in [4.78, 5) is 28.2. The van der Waals surface area contributed by atoms with Gasteiger partial charge in [0.05, 0.1) is 11.6 Å². The lowest BCUT2D eigenvalue weighted by Gasteiger charge is -2.17. The molecule has 154 valence electrons. The smallest absolute Gasteiger partial charge is 0.326 e. The van der Waals surface area contributed by atoms with Crippen molar-refractivity contribution in [3.63, 3.8) is 0 Å². The maximum Gasteiger partial charge on any atom is 0.326 e. The molecule has 3 rings (SSSR count). The van der Waals surface area contributed by atoms with E-state index in [1.54, 1.807) is 44.2 Å². The number of aromatic nitrogens is 1. The summed E-state index contributed by atoms with van der Waals surface area (Å²) in [6.07, 6.45) is 0. The highest BCUT2D eigenvalue weighted by molar-refractivity contribution is 5.97. The molecule has 0 fully saturated rings. The van der Waals surface area contributed by atoms with E-state index < -0.39 is 17.9 Å². The number of benzene rings is 2. The average Bonchev–Trinajstić information content (AvgIpc) is 3.14. The van der Waals surface area contributed by atoms with Gasteiger partial charge in [-0.05, 0) is 48.2 Å². The summed E-state index contributed by atoms with van der Waals surface area (Å²) >= 11 is 0. The zero-order valence-corrected chi connectivity index (χ0v) is 17.3. The lowest BCUT2D eigenvalue weighted by molar-refractivity contribution is -0.140. The van der Waals surface area contributed by atoms with E-state index in [9.17, 15) is 20.0 Å². The maximum atomic E-state index is 12.4. The van der Waals surface area contributed by atoms with Crippen LogP contribution >= 0.6 is 0 Å². The van der Waals surface area contributed by atoms with Crippen LogP contribution in [0.3, 0.4) is 0 Å². The van der Waals surface area contributed by atoms with Crippen LogP contribution in [-0.4, -0.2) is 28.0 Å². The Balaban J connectivity index is 1.90. The van der Waals surface area contributed by atoms with Crippen LogP contribution in [0.25, 0.3) is 22.6 Å². The third kappa shape index (κ3) is 4.18. The number of carbonyl (C=O) groups excluding carboxylic acids is 1. The number of nitrogens with zero attached hydrogens (tertiary/aromatic N) is 2. The molecule has 1 atom stereocenters. The first-order valence-corrected chi connectivity index (χ1v) is 9.70. The monoisotopic (exact) mass is 405 g/mol. The summed E-state index contributed by atoms with van der Waals surface area (Å²) in [5.74, 6) is -1.21. The Bertz CT molecular complexity index is 1140. The van der Waals surface area contributed by atoms with Crippen molar-refractivity contribution < 1.29 is 19.1 Å². The van der Waals surface area contributed by atoms with Crippen molar-refractivity contribution in [2.45, 2.75) is 39.7 Å². The fourth-order valence-corrected chi connectivity index (χ4v) is 3.18. The normalized spacial score (nSPS) is 12.2. The molecule has 30 heavy (non-hydrogen) atoms. The number of amides is 1. The Labute approximate surface area is 174 Å². The Morgan fingerprint density at radius 3 is 2.33 bits per heavy atom. The Hall–Kier alpha value is -3.66. The van der Waals surface area contributed by atoms with Crippen LogP contribution in [0.4, 0.5) is 0 Å². The van der Waals surface area contributed by atoms with Gasteiger partial charge in [0, 0.05) is 16.7 Å². The number of nitrogens with one attached hydrogen (secondary N) is 1. The number of fused-ring (bicyclic) bond motifs is 1. The molecule has 0 aliphatic carbocycles. The summed E-state index contributed by atoms with van der Waals surface area (Å²) in [6.45, 7) is 7.51. The summed E-state index contributed by atoms with van der Waals surface area (Å²) in [5, 5.41) is 21.0. The Morgan fingerprint density at radius 2 is 1.80 bits per heavy atom. The lowest BCUT2D eigenvalue weighted by atomic mass is 10.00. The van der Waals surface area contributed by atoms with Crippen molar-refractivity contribution in [1.29, 1.82) is 5.26 Å². The Morgan fingerprint density at radius 1 is 1.13 bits per heavy atom. The van der Waals surface area contributed by atoms with E-state index in [4.69, 9.17) is 4.42 Å². The zero-order chi connectivity index (χ0) is 22.0. The molecule has 1 heterocycles. The highest BCUT2D eigenvalue weighted by Gasteiger charge is 2.24. The number of carboxylic acids is 1. The Kier molecular flexibility index (Phi) is 5.88. The van der Waals surface area contributed by atoms with Crippen LogP contribution in [0.2, 0.25) is 0 Å². The molecule has 0 bridgehead atoms. The molecule has 0 aliphatic heterocycles. The van der Waals surface area contributed by atoms with Gasteiger partial charge >= 0.3 is 5.97 Å². The van der Waals surface area contributed by atoms with Crippen LogP contribution in [-0.2, 0) is 4.79 Å². The second-order valence-corrected chi connectivity index (χ2v) is 7.81. The predicted octanol–water partition coefficient (Wildman–Crippen LogP) is 4.33. The number of nitriles is 1. The molecule has 3 aromatic rings. The fourth-order valence-electron chi connectivity index (χ4n) is 3.18. The number of carboxylic acid groups (broad SMARTS) is 1. The van der Waals surface area contributed by atoms with Crippen molar-refractivity contribution >= 4 is 23.0 Å². The quantitative estimate of drug-likeness (QED) is 0.630. The van der Waals surface area contributed by atoms with Gasteiger partial charge in [0.2, 0.25) is 5.89 Å². The average molecular weight is 405 g/mol. The first-order chi connectivity index (χ1) is 14.2. The summed E-state index contributed by atoms with van der Waals surface area (Å²) in [6, 6.07) is 11.3. The summed E-state index contributed by atoms with van der Waals surface area (Å²) in [5.41, 5.74) is 3.70. The van der Waals surface area contributed by atoms with Crippen LogP contribution < -0.4 is 5.32 Å². The van der Waals surface area contributed by atoms with Crippen molar-refractivity contribution in [2.75, 3.05) is 0 Å². The molecule has 2 N–H and O–H groups in total. The van der Waals surface area contributed by atoms with Gasteiger partial charge in [0.25, 0.3) is 5.91 Å². The molecule has 0 radical (unpaired) electrons. The molecule has 0 saturated carbocycles. The number of hydrogen-bond donors (Lipinski definition) is 2. The van der Waals surface area contributed by atoms with Crippen LogP contribution in [0.15, 0.2) is 40.8 Å². The number of rotatable bonds is 6. The summed E-state index contributed by atoms with van der Waals surface area (Å²) < 4.78 is 5.98. The van der Waals surface area contributed by atoms with Crippen LogP contribution in [0.5, 0.6) is 0 Å². The molecular formula is C23H23N3O4. The molecule has 1 amide bonds. The SMILES string of the molecule is CC(C)c1cc(C#N)cc2nc(-c3ccc(C(=O)NC(C(=O)O)C(C)C)cc3)oc12. The second-order valence-electron chi connectivity index (χ2n) is 7.81. The minimum absolute atomic E-state index is 0.163. The van der Waals surface area contributed by atoms with Crippen molar-refractivity contribution in [3.05, 3.63) is 53.1 Å². The highest BCUT2D eigenvalue weighted by Crippen LogP contribution is 2.31. The molecule has 0 spiro atoms. The van der Waals surface area contributed by atoms with E-state index in [1.165, 1.54) is 0 Å². The maximum absolute atomic E-state index is 12.4. The van der Waals surface area contributed by atoms with Gasteiger partial charge in [-0.1, -0.05) is 27.7 Å². The second kappa shape index (κ2) is 8.37. The van der Waals surface area contributed by atoms with Gasteiger partial charge in [-0.2, -0.15) is 5.26 Å². The largest absolute Gasteiger partial charge is 0.480 e. The van der Waals surface area contributed by atoms with Gasteiger partial charge in [0.15, 0.2) is 5.58 Å². The van der Waals surface area contributed by atoms with Crippen LogP contribution in [0, 0.1) is 17.2 Å². The van der Waals surface area contributed by atoms with E-state index in [1.807, 2.05) is 19.9 Å². The third-order valence-electron chi connectivity index (χ3n) is 4.88. The minimum atomic E-state index is -1.07. The van der Waals surface area contributed by atoms with Crippen molar-refractivity contribution in [1.82, 2.24) is 10.3 Å². The molecule has 1 unspecified atom stereocenters. The fraction of sp³-hybridized carbons (Fsp3) is 0.304.